The van der Waals surface area contributed by atoms with Crippen molar-refractivity contribution >= 4 is 50.7 Å². The van der Waals surface area contributed by atoms with E-state index in [-0.39, 0.29) is 26.5 Å². The minimum absolute atomic E-state index is 0. The summed E-state index contributed by atoms with van der Waals surface area (Å²) in [7, 11) is 0. The maximum Gasteiger partial charge on any atom is 0.135 e. The predicted octanol–water partition coefficient (Wildman–Crippen LogP) is 13.4. The Morgan fingerprint density at radius 2 is 1.18 bits per heavy atom. The fourth-order valence-electron chi connectivity index (χ4n) is 7.80. The number of fused-ring (bicyclic) bond motifs is 7. The van der Waals surface area contributed by atoms with Gasteiger partial charge < -0.3 is 19.4 Å². The molecule has 0 amide bonds. The summed E-state index contributed by atoms with van der Waals surface area (Å²) in [6.45, 7) is 8.83. The molecular formula is C50H37N4OPt-3. The van der Waals surface area contributed by atoms with Crippen molar-refractivity contribution in [2.75, 3.05) is 14.7 Å². The molecule has 56 heavy (non-hydrogen) atoms. The Balaban J connectivity index is 0.00000410. The standard InChI is InChI=1S/C50H37N4O.Pt/c1-50(2,3)35-28-29-51-49(30-35)54-45-22-9-8-21-42(45)40-19-6-7-20-41(40)43-27-26-38(32-48(43)54)55-37-17-13-16-36(31-37)52-33-53(47-24-11-10-23-46(47)52)44-25-12-15-34-14-4-5-18-39(34)44;/h4-30,33H,1-3H3;/q-3;. The molecule has 2 aliphatic heterocycles. The van der Waals surface area contributed by atoms with E-state index >= 15 is 0 Å². The van der Waals surface area contributed by atoms with E-state index in [9.17, 15) is 0 Å². The van der Waals surface area contributed by atoms with Gasteiger partial charge in [-0.15, -0.1) is 48.3 Å². The number of para-hydroxylation sites is 3. The smallest absolute Gasteiger partial charge is 0.135 e. The second kappa shape index (κ2) is 14.2. The molecule has 2 aliphatic rings. The van der Waals surface area contributed by atoms with Crippen molar-refractivity contribution < 1.29 is 25.8 Å². The molecule has 10 rings (SSSR count). The van der Waals surface area contributed by atoms with Crippen molar-refractivity contribution in [3.05, 3.63) is 188 Å². The summed E-state index contributed by atoms with van der Waals surface area (Å²) in [4.78, 5) is 11.6. The number of nitrogens with zero attached hydrogens (tertiary/aromatic N) is 4. The number of pyridine rings is 1. The monoisotopic (exact) mass is 904 g/mol. The number of benzene rings is 7. The van der Waals surface area contributed by atoms with E-state index in [1.165, 1.54) is 16.3 Å². The van der Waals surface area contributed by atoms with Gasteiger partial charge in [0.1, 0.15) is 5.82 Å². The molecule has 5 nitrogen and oxygen atoms in total. The molecule has 6 heteroatoms. The van der Waals surface area contributed by atoms with Gasteiger partial charge in [0, 0.05) is 66.8 Å². The summed E-state index contributed by atoms with van der Waals surface area (Å²) in [5.74, 6) is 2.01. The van der Waals surface area contributed by atoms with Crippen LogP contribution in [0.15, 0.2) is 164 Å². The third-order valence-corrected chi connectivity index (χ3v) is 10.5. The van der Waals surface area contributed by atoms with Crippen LogP contribution in [-0.4, -0.2) is 4.98 Å². The molecule has 7 aromatic carbocycles. The Morgan fingerprint density at radius 3 is 1.98 bits per heavy atom. The average molecular weight is 905 g/mol. The molecule has 1 aromatic heterocycles. The molecule has 0 saturated carbocycles. The second-order valence-electron chi connectivity index (χ2n) is 15.0. The summed E-state index contributed by atoms with van der Waals surface area (Å²) < 4.78 is 6.67. The van der Waals surface area contributed by atoms with Gasteiger partial charge in [0.2, 0.25) is 0 Å². The van der Waals surface area contributed by atoms with Crippen LogP contribution < -0.4 is 19.4 Å². The molecule has 0 unspecified atom stereocenters. The van der Waals surface area contributed by atoms with Crippen molar-refractivity contribution in [3.63, 3.8) is 0 Å². The van der Waals surface area contributed by atoms with Crippen LogP contribution in [0.3, 0.4) is 0 Å². The number of rotatable bonds is 5. The summed E-state index contributed by atoms with van der Waals surface area (Å²) >= 11 is 0. The molecule has 0 aliphatic carbocycles. The Hall–Kier alpha value is -6.16. The van der Waals surface area contributed by atoms with Crippen molar-refractivity contribution in [2.45, 2.75) is 26.2 Å². The van der Waals surface area contributed by atoms with Crippen molar-refractivity contribution in [1.82, 2.24) is 4.98 Å². The minimum atomic E-state index is -0.0520. The average Bonchev–Trinajstić information content (AvgIpc) is 3.55. The molecule has 0 atom stereocenters. The fourth-order valence-corrected chi connectivity index (χ4v) is 7.80. The number of hydrogen-bond donors (Lipinski definition) is 0. The Morgan fingerprint density at radius 1 is 0.554 bits per heavy atom. The molecule has 0 fully saturated rings. The summed E-state index contributed by atoms with van der Waals surface area (Å²) in [5, 5.41) is 2.39. The van der Waals surface area contributed by atoms with Crippen LogP contribution in [0, 0.1) is 18.8 Å². The van der Waals surface area contributed by atoms with Crippen LogP contribution in [0.25, 0.3) is 33.0 Å². The number of aromatic nitrogens is 1. The Bertz CT molecular complexity index is 2750. The van der Waals surface area contributed by atoms with Gasteiger partial charge in [-0.3, -0.25) is 0 Å². The van der Waals surface area contributed by atoms with Crippen LogP contribution in [-0.2, 0) is 26.5 Å². The normalized spacial score (nSPS) is 12.9. The van der Waals surface area contributed by atoms with Gasteiger partial charge in [0.15, 0.2) is 0 Å². The van der Waals surface area contributed by atoms with Gasteiger partial charge in [-0.1, -0.05) is 123 Å². The fraction of sp³-hybridized carbons (Fsp3) is 0.0800. The third kappa shape index (κ3) is 6.13. The first-order valence-electron chi connectivity index (χ1n) is 18.6. The van der Waals surface area contributed by atoms with Crippen LogP contribution in [0.5, 0.6) is 11.5 Å². The van der Waals surface area contributed by atoms with E-state index < -0.39 is 0 Å². The molecule has 0 radical (unpaired) electrons. The number of hydrogen-bond acceptors (Lipinski definition) is 5. The molecule has 0 N–H and O–H groups in total. The first-order valence-corrected chi connectivity index (χ1v) is 18.6. The first kappa shape index (κ1) is 35.5. The van der Waals surface area contributed by atoms with Crippen molar-refractivity contribution in [1.29, 1.82) is 0 Å². The molecule has 0 spiro atoms. The van der Waals surface area contributed by atoms with E-state index in [0.29, 0.717) is 11.5 Å². The topological polar surface area (TPSA) is 31.8 Å². The van der Waals surface area contributed by atoms with E-state index in [0.717, 1.165) is 62.2 Å². The molecule has 0 bridgehead atoms. The van der Waals surface area contributed by atoms with Gasteiger partial charge in [-0.25, -0.2) is 4.98 Å². The zero-order valence-corrected chi connectivity index (χ0v) is 33.5. The maximum atomic E-state index is 6.67. The van der Waals surface area contributed by atoms with Crippen LogP contribution >= 0.6 is 0 Å². The van der Waals surface area contributed by atoms with Gasteiger partial charge in [-0.2, -0.15) is 12.1 Å². The van der Waals surface area contributed by atoms with Crippen LogP contribution in [0.1, 0.15) is 26.3 Å². The second-order valence-corrected chi connectivity index (χ2v) is 15.0. The molecule has 8 aromatic rings. The molecule has 3 heterocycles. The van der Waals surface area contributed by atoms with Crippen molar-refractivity contribution in [3.8, 4) is 33.8 Å². The first-order chi connectivity index (χ1) is 26.9. The van der Waals surface area contributed by atoms with Gasteiger partial charge in [-0.05, 0) is 58.3 Å². The van der Waals surface area contributed by atoms with Gasteiger partial charge in [0.25, 0.3) is 0 Å². The summed E-state index contributed by atoms with van der Waals surface area (Å²) in [6, 6.07) is 62.3. The zero-order chi connectivity index (χ0) is 37.1. The van der Waals surface area contributed by atoms with Gasteiger partial charge in [0.05, 0.1) is 5.69 Å². The third-order valence-electron chi connectivity index (χ3n) is 10.5. The minimum Gasteiger partial charge on any atom is -0.509 e. The summed E-state index contributed by atoms with van der Waals surface area (Å²) in [5.41, 5.74) is 11.7. The largest absolute Gasteiger partial charge is 0.509 e. The number of anilines is 7. The van der Waals surface area contributed by atoms with Crippen LogP contribution in [0.2, 0.25) is 0 Å². The SMILES string of the molecule is CC(C)(C)c1ccnc(N2c3[c-]c(Oc4[c-]c(N5[CH-]N(c6cccc7ccccc67)c6ccccc65)ccc4)ccc3-c3ccccc3-c3ccccc32)c1.[Pt]. The summed E-state index contributed by atoms with van der Waals surface area (Å²) in [6.07, 6.45) is 1.91. The van der Waals surface area contributed by atoms with Crippen LogP contribution in [0.4, 0.5) is 39.9 Å². The zero-order valence-electron chi connectivity index (χ0n) is 31.2. The van der Waals surface area contributed by atoms with E-state index in [2.05, 4.69) is 194 Å². The Labute approximate surface area is 342 Å². The maximum absolute atomic E-state index is 6.67. The van der Waals surface area contributed by atoms with E-state index in [4.69, 9.17) is 9.72 Å². The quantitative estimate of drug-likeness (QED) is 0.161. The van der Waals surface area contributed by atoms with Gasteiger partial charge >= 0.3 is 0 Å². The Kier molecular flexibility index (Phi) is 8.99. The molecule has 0 saturated heterocycles. The van der Waals surface area contributed by atoms with E-state index in [1.807, 2.05) is 24.4 Å². The molecular weight excluding hydrogens is 868 g/mol. The van der Waals surface area contributed by atoms with E-state index in [1.54, 1.807) is 0 Å². The van der Waals surface area contributed by atoms with Crippen molar-refractivity contribution in [2.24, 2.45) is 0 Å². The molecule has 276 valence electrons. The number of ether oxygens (including phenoxy) is 1. The predicted molar refractivity (Wildman–Crippen MR) is 225 cm³/mol.